The monoisotopic (exact) mass is 650 g/mol. The van der Waals surface area contributed by atoms with Gasteiger partial charge in [0.15, 0.2) is 0 Å². The van der Waals surface area contributed by atoms with E-state index in [1.54, 1.807) is 0 Å². The number of aromatic nitrogens is 2. The fraction of sp³-hybridized carbons (Fsp3) is 0.0612. The van der Waals surface area contributed by atoms with E-state index in [1.807, 2.05) is 0 Å². The fourth-order valence-corrected chi connectivity index (χ4v) is 9.19. The molecule has 0 bridgehead atoms. The number of benzene rings is 8. The molecule has 11 rings (SSSR count). The first-order valence-electron chi connectivity index (χ1n) is 17.9. The maximum Gasteiger partial charge on any atom is 0.0547 e. The quantitative estimate of drug-likeness (QED) is 0.180. The Bertz CT molecular complexity index is 3010. The smallest absolute Gasteiger partial charge is 0.0547 e. The number of fused-ring (bicyclic) bond motifs is 11. The SMILES string of the molecule is CC1(C)c2cc(-n3c4ccccc4c4c5ccccc5ccc43)ccc2-c2c(-c3cccc(-n4c5ccccc5c5ccccc54)c3)cccc21. The lowest BCUT2D eigenvalue weighted by atomic mass is 9.82. The second-order valence-electron chi connectivity index (χ2n) is 14.5. The molecule has 0 fully saturated rings. The molecule has 0 radical (unpaired) electrons. The molecule has 51 heavy (non-hydrogen) atoms. The maximum atomic E-state index is 2.46. The predicted octanol–water partition coefficient (Wildman–Crippen LogP) is 13.0. The number of nitrogens with zero attached hydrogens (tertiary/aromatic N) is 2. The molecule has 240 valence electrons. The third-order valence-electron chi connectivity index (χ3n) is 11.5. The van der Waals surface area contributed by atoms with Crippen molar-refractivity contribution in [3.63, 3.8) is 0 Å². The summed E-state index contributed by atoms with van der Waals surface area (Å²) in [4.78, 5) is 0. The zero-order chi connectivity index (χ0) is 33.8. The molecule has 8 aromatic carbocycles. The second-order valence-corrected chi connectivity index (χ2v) is 14.5. The van der Waals surface area contributed by atoms with Crippen molar-refractivity contribution in [1.82, 2.24) is 9.13 Å². The van der Waals surface area contributed by atoms with Crippen LogP contribution in [0.15, 0.2) is 170 Å². The highest BCUT2D eigenvalue weighted by atomic mass is 15.0. The molecule has 0 saturated carbocycles. The summed E-state index contributed by atoms with van der Waals surface area (Å²) in [5, 5.41) is 7.73. The average molecular weight is 651 g/mol. The Morgan fingerprint density at radius 3 is 1.76 bits per heavy atom. The number of para-hydroxylation sites is 3. The molecule has 0 atom stereocenters. The molecule has 2 heterocycles. The van der Waals surface area contributed by atoms with Crippen LogP contribution in [-0.2, 0) is 5.41 Å². The summed E-state index contributed by atoms with van der Waals surface area (Å²) in [5.41, 5.74) is 15.1. The highest BCUT2D eigenvalue weighted by Gasteiger charge is 2.37. The van der Waals surface area contributed by atoms with Gasteiger partial charge in [0.2, 0.25) is 0 Å². The van der Waals surface area contributed by atoms with Crippen LogP contribution in [-0.4, -0.2) is 9.13 Å². The van der Waals surface area contributed by atoms with Gasteiger partial charge < -0.3 is 9.13 Å². The molecule has 10 aromatic rings. The lowest BCUT2D eigenvalue weighted by Gasteiger charge is -2.22. The van der Waals surface area contributed by atoms with Gasteiger partial charge in [-0.15, -0.1) is 0 Å². The Morgan fingerprint density at radius 2 is 1.00 bits per heavy atom. The Hall–Kier alpha value is -6.38. The second kappa shape index (κ2) is 10.3. The lowest BCUT2D eigenvalue weighted by Crippen LogP contribution is -2.15. The van der Waals surface area contributed by atoms with Gasteiger partial charge in [0.1, 0.15) is 0 Å². The van der Waals surface area contributed by atoms with Gasteiger partial charge in [0.25, 0.3) is 0 Å². The van der Waals surface area contributed by atoms with Crippen LogP contribution in [0, 0.1) is 0 Å². The number of rotatable bonds is 3. The van der Waals surface area contributed by atoms with E-state index in [1.165, 1.54) is 99.1 Å². The normalized spacial score (nSPS) is 13.5. The third kappa shape index (κ3) is 3.88. The van der Waals surface area contributed by atoms with Crippen LogP contribution in [0.25, 0.3) is 88.0 Å². The topological polar surface area (TPSA) is 9.86 Å². The Kier molecular flexibility index (Phi) is 5.76. The van der Waals surface area contributed by atoms with Gasteiger partial charge in [0, 0.05) is 38.3 Å². The van der Waals surface area contributed by atoms with E-state index in [4.69, 9.17) is 0 Å². The van der Waals surface area contributed by atoms with Crippen molar-refractivity contribution in [3.05, 3.63) is 181 Å². The zero-order valence-electron chi connectivity index (χ0n) is 28.6. The van der Waals surface area contributed by atoms with Gasteiger partial charge in [-0.1, -0.05) is 135 Å². The Labute approximate surface area is 296 Å². The first-order valence-corrected chi connectivity index (χ1v) is 17.9. The summed E-state index contributed by atoms with van der Waals surface area (Å²) in [6.07, 6.45) is 0. The minimum atomic E-state index is -0.160. The molecular formula is C49H34N2. The first kappa shape index (κ1) is 28.5. The number of hydrogen-bond acceptors (Lipinski definition) is 0. The summed E-state index contributed by atoms with van der Waals surface area (Å²) >= 11 is 0. The van der Waals surface area contributed by atoms with Crippen LogP contribution in [0.3, 0.4) is 0 Å². The molecule has 1 aliphatic rings. The van der Waals surface area contributed by atoms with E-state index in [0.717, 1.165) is 0 Å². The van der Waals surface area contributed by atoms with Gasteiger partial charge in [-0.2, -0.15) is 0 Å². The van der Waals surface area contributed by atoms with Crippen molar-refractivity contribution in [2.45, 2.75) is 19.3 Å². The zero-order valence-corrected chi connectivity index (χ0v) is 28.6. The van der Waals surface area contributed by atoms with E-state index >= 15 is 0 Å². The van der Waals surface area contributed by atoms with Crippen molar-refractivity contribution < 1.29 is 0 Å². The lowest BCUT2D eigenvalue weighted by molar-refractivity contribution is 0.660. The van der Waals surface area contributed by atoms with E-state index in [0.29, 0.717) is 0 Å². The third-order valence-corrected chi connectivity index (χ3v) is 11.5. The van der Waals surface area contributed by atoms with Crippen molar-refractivity contribution in [2.75, 3.05) is 0 Å². The van der Waals surface area contributed by atoms with Crippen LogP contribution in [0.2, 0.25) is 0 Å². The van der Waals surface area contributed by atoms with Crippen LogP contribution in [0.4, 0.5) is 0 Å². The minimum absolute atomic E-state index is 0.160. The van der Waals surface area contributed by atoms with Gasteiger partial charge in [-0.05, 0) is 92.7 Å². The summed E-state index contributed by atoms with van der Waals surface area (Å²) < 4.78 is 4.88. The average Bonchev–Trinajstić information content (AvgIpc) is 3.78. The number of hydrogen-bond donors (Lipinski definition) is 0. The van der Waals surface area contributed by atoms with Crippen LogP contribution < -0.4 is 0 Å². The summed E-state index contributed by atoms with van der Waals surface area (Å²) in [7, 11) is 0. The molecule has 1 aliphatic carbocycles. The van der Waals surface area contributed by atoms with Gasteiger partial charge in [-0.3, -0.25) is 0 Å². The Morgan fingerprint density at radius 1 is 0.392 bits per heavy atom. The summed E-state index contributed by atoms with van der Waals surface area (Å²) in [6, 6.07) is 62.8. The summed E-state index contributed by atoms with van der Waals surface area (Å²) in [6.45, 7) is 4.78. The Balaban J connectivity index is 1.10. The molecular weight excluding hydrogens is 617 g/mol. The predicted molar refractivity (Wildman–Crippen MR) is 216 cm³/mol. The van der Waals surface area contributed by atoms with E-state index in [9.17, 15) is 0 Å². The maximum absolute atomic E-state index is 2.46. The highest BCUT2D eigenvalue weighted by molar-refractivity contribution is 6.21. The molecule has 0 spiro atoms. The van der Waals surface area contributed by atoms with Gasteiger partial charge >= 0.3 is 0 Å². The molecule has 2 nitrogen and oxygen atoms in total. The molecule has 0 N–H and O–H groups in total. The van der Waals surface area contributed by atoms with Crippen molar-refractivity contribution in [2.24, 2.45) is 0 Å². The molecule has 2 aromatic heterocycles. The molecule has 2 heteroatoms. The first-order chi connectivity index (χ1) is 25.1. The highest BCUT2D eigenvalue weighted by Crippen LogP contribution is 2.53. The minimum Gasteiger partial charge on any atom is -0.309 e. The van der Waals surface area contributed by atoms with Crippen LogP contribution in [0.1, 0.15) is 25.0 Å². The van der Waals surface area contributed by atoms with Gasteiger partial charge in [-0.25, -0.2) is 0 Å². The standard InChI is InChI=1S/C49H34N2/c1-49(2)41-21-12-20-36(32-14-11-15-33(29-32)50-43-22-8-5-17-37(43)38-18-6-9-23-44(38)50)47(41)39-27-26-34(30-42(39)49)51-45-24-10-7-19-40(45)48-35-16-4-3-13-31(35)25-28-46(48)51/h3-30H,1-2H3. The van der Waals surface area contributed by atoms with Crippen LogP contribution >= 0.6 is 0 Å². The van der Waals surface area contributed by atoms with Crippen molar-refractivity contribution >= 4 is 54.4 Å². The molecule has 0 unspecified atom stereocenters. The fourth-order valence-electron chi connectivity index (χ4n) is 9.19. The van der Waals surface area contributed by atoms with Crippen molar-refractivity contribution in [1.29, 1.82) is 0 Å². The molecule has 0 aliphatic heterocycles. The van der Waals surface area contributed by atoms with E-state index in [-0.39, 0.29) is 5.41 Å². The van der Waals surface area contributed by atoms with Gasteiger partial charge in [0.05, 0.1) is 22.1 Å². The molecule has 0 saturated heterocycles. The largest absolute Gasteiger partial charge is 0.309 e. The van der Waals surface area contributed by atoms with Crippen molar-refractivity contribution in [3.8, 4) is 33.6 Å². The van der Waals surface area contributed by atoms with E-state index in [2.05, 4.69) is 193 Å². The molecule has 0 amide bonds. The van der Waals surface area contributed by atoms with E-state index < -0.39 is 0 Å². The van der Waals surface area contributed by atoms with Crippen LogP contribution in [0.5, 0.6) is 0 Å². The summed E-state index contributed by atoms with van der Waals surface area (Å²) in [5.74, 6) is 0.